The van der Waals surface area contributed by atoms with Gasteiger partial charge in [0, 0.05) is 39.7 Å². The molecule has 0 atom stereocenters. The zero-order chi connectivity index (χ0) is 42.9. The van der Waals surface area contributed by atoms with Gasteiger partial charge in [0.05, 0.1) is 35.9 Å². The van der Waals surface area contributed by atoms with E-state index in [0.717, 1.165) is 94.1 Å². The summed E-state index contributed by atoms with van der Waals surface area (Å²) in [7, 11) is 0. The second-order valence-electron chi connectivity index (χ2n) is 16.4. The molecule has 0 aliphatic carbocycles. The SMILES string of the molecule is [C-]#[N+]c1cc(C#N)cc(N2c3cc4ccccc4cc3B3c4cc5ccccc5cc4N(c4cc(C#N)cc(C#N)c4)c4cc(-c5c(C)cc(-c6ccccc6)cc5C)cc2c43)c1. The van der Waals surface area contributed by atoms with Crippen LogP contribution in [0.25, 0.3) is 48.6 Å². The Morgan fingerprint density at radius 2 is 0.921 bits per heavy atom. The van der Waals surface area contributed by atoms with Crippen molar-refractivity contribution in [1.29, 1.82) is 15.8 Å². The first-order valence-electron chi connectivity index (χ1n) is 20.7. The van der Waals surface area contributed by atoms with Gasteiger partial charge in [-0.05, 0) is 146 Å². The first-order chi connectivity index (χ1) is 30.8. The van der Waals surface area contributed by atoms with Crippen LogP contribution in [0.2, 0.25) is 0 Å². The average Bonchev–Trinajstić information content (AvgIpc) is 3.32. The van der Waals surface area contributed by atoms with Gasteiger partial charge in [-0.3, -0.25) is 0 Å². The van der Waals surface area contributed by atoms with E-state index >= 15 is 0 Å². The summed E-state index contributed by atoms with van der Waals surface area (Å²) in [5, 5.41) is 35.3. The van der Waals surface area contributed by atoms with Crippen molar-refractivity contribution in [3.63, 3.8) is 0 Å². The second kappa shape index (κ2) is 14.4. The van der Waals surface area contributed by atoms with Crippen LogP contribution in [-0.2, 0) is 0 Å². The summed E-state index contributed by atoms with van der Waals surface area (Å²) in [6.45, 7) is 12.2. The number of aryl methyl sites for hydroxylation is 2. The minimum absolute atomic E-state index is 0.243. The molecule has 0 amide bonds. The number of hydrogen-bond donors (Lipinski definition) is 0. The van der Waals surface area contributed by atoms with Crippen LogP contribution in [0, 0.1) is 54.4 Å². The number of rotatable bonds is 4. The van der Waals surface area contributed by atoms with Gasteiger partial charge >= 0.3 is 0 Å². The summed E-state index contributed by atoms with van der Waals surface area (Å²) in [5.41, 5.74) is 16.5. The van der Waals surface area contributed by atoms with Gasteiger partial charge in [-0.25, -0.2) is 4.85 Å². The predicted octanol–water partition coefficient (Wildman–Crippen LogP) is 12.2. The molecule has 0 spiro atoms. The summed E-state index contributed by atoms with van der Waals surface area (Å²) >= 11 is 0. The third-order valence-corrected chi connectivity index (χ3v) is 12.6. The number of benzene rings is 9. The Kier molecular flexibility index (Phi) is 8.49. The van der Waals surface area contributed by atoms with Crippen LogP contribution in [0.3, 0.4) is 0 Å². The summed E-state index contributed by atoms with van der Waals surface area (Å²) in [4.78, 5) is 8.29. The Morgan fingerprint density at radius 1 is 0.460 bits per heavy atom. The number of nitrogens with zero attached hydrogens (tertiary/aromatic N) is 6. The van der Waals surface area contributed by atoms with E-state index in [-0.39, 0.29) is 6.71 Å². The fourth-order valence-corrected chi connectivity index (χ4v) is 10.0. The largest absolute Gasteiger partial charge is 0.313 e. The molecular formula is C56H33BN6. The van der Waals surface area contributed by atoms with Crippen molar-refractivity contribution in [2.45, 2.75) is 13.8 Å². The van der Waals surface area contributed by atoms with Crippen LogP contribution < -0.4 is 26.2 Å². The first kappa shape index (κ1) is 37.1. The van der Waals surface area contributed by atoms with E-state index in [1.54, 1.807) is 12.1 Å². The highest BCUT2D eigenvalue weighted by atomic mass is 15.2. The zero-order valence-electron chi connectivity index (χ0n) is 34.3. The van der Waals surface area contributed by atoms with E-state index in [0.29, 0.717) is 33.8 Å². The van der Waals surface area contributed by atoms with E-state index in [9.17, 15) is 15.8 Å². The standard InChI is InChI=1S/C56H33BN6/c1-34-17-44(39-11-5-4-6-12-39)18-35(2)55(34)45-28-53-56-54(29-45)63(48-23-38(33-60)20-46(30-48)61-3)52-27-43-16-10-8-14-41(43)25-50(52)57(56)49-24-40-13-7-9-15-42(40)26-51(49)62(53)47-21-36(31-58)19-37(22-47)32-59/h4-30H,1-2H3. The number of anilines is 6. The maximum Gasteiger partial charge on any atom is 0.252 e. The molecule has 290 valence electrons. The molecule has 9 aromatic carbocycles. The Morgan fingerprint density at radius 3 is 1.41 bits per heavy atom. The normalized spacial score (nSPS) is 12.1. The second-order valence-corrected chi connectivity index (χ2v) is 16.4. The lowest BCUT2D eigenvalue weighted by Gasteiger charge is -2.45. The van der Waals surface area contributed by atoms with Crippen molar-refractivity contribution in [2.24, 2.45) is 0 Å². The van der Waals surface area contributed by atoms with Gasteiger partial charge in [0.25, 0.3) is 6.71 Å². The van der Waals surface area contributed by atoms with Crippen molar-refractivity contribution in [3.05, 3.63) is 203 Å². The molecule has 0 bridgehead atoms. The highest BCUT2D eigenvalue weighted by Crippen LogP contribution is 2.48. The monoisotopic (exact) mass is 800 g/mol. The van der Waals surface area contributed by atoms with Gasteiger partial charge in [-0.2, -0.15) is 15.8 Å². The molecule has 0 saturated carbocycles. The third kappa shape index (κ3) is 5.92. The van der Waals surface area contributed by atoms with E-state index in [4.69, 9.17) is 6.57 Å². The van der Waals surface area contributed by atoms with Gasteiger partial charge in [0.15, 0.2) is 5.69 Å². The van der Waals surface area contributed by atoms with E-state index < -0.39 is 0 Å². The highest BCUT2D eigenvalue weighted by Gasteiger charge is 2.44. The van der Waals surface area contributed by atoms with Crippen LogP contribution in [-0.4, -0.2) is 6.71 Å². The molecule has 7 heteroatoms. The van der Waals surface area contributed by atoms with Crippen molar-refractivity contribution < 1.29 is 0 Å². The van der Waals surface area contributed by atoms with Crippen LogP contribution in [0.4, 0.5) is 39.8 Å². The Balaban J connectivity index is 1.31. The lowest BCUT2D eigenvalue weighted by Crippen LogP contribution is -2.61. The van der Waals surface area contributed by atoms with Gasteiger partial charge in [-0.1, -0.05) is 103 Å². The molecule has 0 N–H and O–H groups in total. The van der Waals surface area contributed by atoms with Gasteiger partial charge in [-0.15, -0.1) is 0 Å². The lowest BCUT2D eigenvalue weighted by atomic mass is 9.33. The fraction of sp³-hybridized carbons (Fsp3) is 0.0357. The maximum atomic E-state index is 10.3. The topological polar surface area (TPSA) is 82.2 Å². The summed E-state index contributed by atoms with van der Waals surface area (Å²) in [5.74, 6) is 0. The summed E-state index contributed by atoms with van der Waals surface area (Å²) in [6, 6.07) is 63.0. The van der Waals surface area contributed by atoms with Crippen LogP contribution in [0.5, 0.6) is 0 Å². The molecule has 0 aromatic heterocycles. The van der Waals surface area contributed by atoms with E-state index in [1.807, 2.05) is 36.4 Å². The highest BCUT2D eigenvalue weighted by molar-refractivity contribution is 7.00. The maximum absolute atomic E-state index is 10.3. The Labute approximate surface area is 365 Å². The Bertz CT molecular complexity index is 3340. The van der Waals surface area contributed by atoms with Crippen LogP contribution in [0.15, 0.2) is 164 Å². The quantitative estimate of drug-likeness (QED) is 0.131. The van der Waals surface area contributed by atoms with E-state index in [1.165, 1.54) is 0 Å². The fourth-order valence-electron chi connectivity index (χ4n) is 10.0. The third-order valence-electron chi connectivity index (χ3n) is 12.6. The van der Waals surface area contributed by atoms with Crippen molar-refractivity contribution in [3.8, 4) is 40.5 Å². The Hall–Kier alpha value is -8.88. The predicted molar refractivity (Wildman–Crippen MR) is 256 cm³/mol. The van der Waals surface area contributed by atoms with Crippen molar-refractivity contribution in [1.82, 2.24) is 0 Å². The number of nitriles is 3. The van der Waals surface area contributed by atoms with Crippen molar-refractivity contribution in [2.75, 3.05) is 9.80 Å². The lowest BCUT2D eigenvalue weighted by molar-refractivity contribution is 1.25. The van der Waals surface area contributed by atoms with Crippen LogP contribution in [0.1, 0.15) is 27.8 Å². The molecule has 0 saturated heterocycles. The molecule has 2 heterocycles. The van der Waals surface area contributed by atoms with Gasteiger partial charge in [0.1, 0.15) is 0 Å². The van der Waals surface area contributed by atoms with Crippen molar-refractivity contribution >= 4 is 84.5 Å². The molecule has 0 unspecified atom stereocenters. The van der Waals surface area contributed by atoms with E-state index in [2.05, 4.69) is 162 Å². The first-order valence-corrected chi connectivity index (χ1v) is 20.7. The molecule has 2 aliphatic rings. The zero-order valence-corrected chi connectivity index (χ0v) is 34.3. The molecule has 63 heavy (non-hydrogen) atoms. The van der Waals surface area contributed by atoms with Gasteiger partial charge < -0.3 is 9.80 Å². The molecule has 0 radical (unpaired) electrons. The molecular weight excluding hydrogens is 767 g/mol. The molecule has 9 aromatic rings. The summed E-state index contributed by atoms with van der Waals surface area (Å²) in [6.07, 6.45) is 0. The number of fused-ring (bicyclic) bond motifs is 6. The average molecular weight is 801 g/mol. The molecule has 6 nitrogen and oxygen atoms in total. The molecule has 0 fully saturated rings. The number of hydrogen-bond acceptors (Lipinski definition) is 5. The summed E-state index contributed by atoms with van der Waals surface area (Å²) < 4.78 is 0. The van der Waals surface area contributed by atoms with Gasteiger partial charge in [0.2, 0.25) is 0 Å². The molecule has 2 aliphatic heterocycles. The minimum Gasteiger partial charge on any atom is -0.313 e. The minimum atomic E-state index is -0.243. The molecule has 11 rings (SSSR count). The van der Waals surface area contributed by atoms with Crippen LogP contribution >= 0.6 is 0 Å². The smallest absolute Gasteiger partial charge is 0.252 e.